The second-order valence-electron chi connectivity index (χ2n) is 7.29. The van der Waals surface area contributed by atoms with Crippen LogP contribution in [0.1, 0.15) is 23.0 Å². The summed E-state index contributed by atoms with van der Waals surface area (Å²) in [5.41, 5.74) is 1.47. The second kappa shape index (κ2) is 9.84. The van der Waals surface area contributed by atoms with E-state index in [1.54, 1.807) is 19.9 Å². The van der Waals surface area contributed by atoms with Gasteiger partial charge < -0.3 is 14.6 Å². The topological polar surface area (TPSA) is 119 Å². The summed E-state index contributed by atoms with van der Waals surface area (Å²) < 4.78 is 25.6. The fourth-order valence-corrected chi connectivity index (χ4v) is 4.06. The van der Waals surface area contributed by atoms with Crippen LogP contribution in [0.2, 0.25) is 5.02 Å². The fourth-order valence-electron chi connectivity index (χ4n) is 3.10. The van der Waals surface area contributed by atoms with E-state index in [0.717, 1.165) is 11.3 Å². The predicted molar refractivity (Wildman–Crippen MR) is 126 cm³/mol. The number of carbonyl (C=O) groups excluding carboxylic acids is 1. The molecule has 34 heavy (non-hydrogen) atoms. The Labute approximate surface area is 202 Å². The first-order valence-corrected chi connectivity index (χ1v) is 11.2. The van der Waals surface area contributed by atoms with Crippen LogP contribution >= 0.6 is 22.9 Å². The highest BCUT2D eigenvalue weighted by atomic mass is 35.5. The number of fused-ring (bicyclic) bond motifs is 1. The van der Waals surface area contributed by atoms with E-state index in [4.69, 9.17) is 21.1 Å². The number of aliphatic hydroxyl groups is 1. The van der Waals surface area contributed by atoms with Gasteiger partial charge in [-0.05, 0) is 32.0 Å². The van der Waals surface area contributed by atoms with Crippen LogP contribution in [0.5, 0.6) is 11.8 Å². The summed E-state index contributed by atoms with van der Waals surface area (Å²) in [6, 6.07) is 4.58. The molecule has 0 saturated heterocycles. The number of amides is 1. The third-order valence-corrected chi connectivity index (χ3v) is 5.81. The van der Waals surface area contributed by atoms with Crippen molar-refractivity contribution in [2.45, 2.75) is 20.0 Å². The van der Waals surface area contributed by atoms with E-state index in [1.807, 2.05) is 0 Å². The van der Waals surface area contributed by atoms with Gasteiger partial charge in [-0.2, -0.15) is 4.98 Å². The third kappa shape index (κ3) is 4.91. The highest BCUT2D eigenvalue weighted by molar-refractivity contribution is 7.22. The SMILES string of the molecule is COc1ccc(Cl)c(F)c1-c1cc(C)ncc1C(=O)Nc1nc2cnc(OC[C@H](C)O)nc2s1. The summed E-state index contributed by atoms with van der Waals surface area (Å²) >= 11 is 7.11. The quantitative estimate of drug-likeness (QED) is 0.383. The molecule has 2 N–H and O–H groups in total. The molecule has 0 fully saturated rings. The molecule has 0 aliphatic heterocycles. The molecular formula is C22H19ClFN5O4S. The lowest BCUT2D eigenvalue weighted by Gasteiger charge is -2.14. The Kier molecular flexibility index (Phi) is 6.87. The van der Waals surface area contributed by atoms with Gasteiger partial charge >= 0.3 is 6.01 Å². The van der Waals surface area contributed by atoms with Crippen LogP contribution < -0.4 is 14.8 Å². The highest BCUT2D eigenvalue weighted by Gasteiger charge is 2.23. The molecule has 176 valence electrons. The Bertz CT molecular complexity index is 1380. The molecule has 1 atom stereocenters. The maximum absolute atomic E-state index is 15.0. The number of aryl methyl sites for hydroxylation is 1. The zero-order valence-corrected chi connectivity index (χ0v) is 19.9. The van der Waals surface area contributed by atoms with Gasteiger partial charge in [-0.25, -0.2) is 14.4 Å². The minimum absolute atomic E-state index is 0.0423. The van der Waals surface area contributed by atoms with Crippen LogP contribution in [0.4, 0.5) is 9.52 Å². The molecule has 3 aromatic heterocycles. The summed E-state index contributed by atoms with van der Waals surface area (Å²) in [5.74, 6) is -1.04. The Morgan fingerprint density at radius 1 is 1.29 bits per heavy atom. The number of hydrogen-bond donors (Lipinski definition) is 2. The fraction of sp³-hybridized carbons (Fsp3) is 0.227. The van der Waals surface area contributed by atoms with E-state index in [9.17, 15) is 9.90 Å². The Morgan fingerprint density at radius 2 is 2.09 bits per heavy atom. The van der Waals surface area contributed by atoms with Crippen LogP contribution in [0.15, 0.2) is 30.6 Å². The van der Waals surface area contributed by atoms with Crippen molar-refractivity contribution in [3.05, 3.63) is 52.7 Å². The molecule has 1 amide bonds. The summed E-state index contributed by atoms with van der Waals surface area (Å²) in [5, 5.41) is 12.2. The van der Waals surface area contributed by atoms with E-state index < -0.39 is 17.8 Å². The number of nitrogens with one attached hydrogen (secondary N) is 1. The number of thiazole rings is 1. The van der Waals surface area contributed by atoms with Crippen molar-refractivity contribution in [3.63, 3.8) is 0 Å². The average molecular weight is 504 g/mol. The number of benzene rings is 1. The summed E-state index contributed by atoms with van der Waals surface area (Å²) in [6.45, 7) is 3.35. The summed E-state index contributed by atoms with van der Waals surface area (Å²) in [7, 11) is 1.40. The Hall–Kier alpha value is -3.41. The number of methoxy groups -OCH3 is 1. The van der Waals surface area contributed by atoms with Crippen LogP contribution in [-0.4, -0.2) is 50.8 Å². The van der Waals surface area contributed by atoms with Crippen molar-refractivity contribution >= 4 is 44.3 Å². The summed E-state index contributed by atoms with van der Waals surface area (Å²) in [6.07, 6.45) is 2.14. The molecule has 0 radical (unpaired) electrons. The first-order valence-electron chi connectivity index (χ1n) is 10.0. The van der Waals surface area contributed by atoms with E-state index in [2.05, 4.69) is 25.3 Å². The zero-order valence-electron chi connectivity index (χ0n) is 18.3. The van der Waals surface area contributed by atoms with Gasteiger partial charge in [0.05, 0.1) is 35.6 Å². The van der Waals surface area contributed by atoms with Gasteiger partial charge in [-0.1, -0.05) is 22.9 Å². The second-order valence-corrected chi connectivity index (χ2v) is 8.67. The van der Waals surface area contributed by atoms with Gasteiger partial charge in [0.1, 0.15) is 17.9 Å². The standard InChI is InChI=1S/C22H19ClFN5O4S/c1-10-6-12(17-16(32-3)5-4-14(23)18(17)24)13(7-25-10)19(31)28-22-27-15-8-26-21(29-20(15)34-22)33-9-11(2)30/h4-8,11,30H,9H2,1-3H3,(H,27,28,31)/t11-/m0/s1. The first kappa shape index (κ1) is 23.7. The van der Waals surface area contributed by atoms with Crippen molar-refractivity contribution in [1.29, 1.82) is 0 Å². The molecule has 0 aliphatic carbocycles. The van der Waals surface area contributed by atoms with Gasteiger partial charge in [0.25, 0.3) is 5.91 Å². The third-order valence-electron chi connectivity index (χ3n) is 4.63. The van der Waals surface area contributed by atoms with Crippen molar-refractivity contribution in [1.82, 2.24) is 19.9 Å². The van der Waals surface area contributed by atoms with Gasteiger partial charge in [-0.3, -0.25) is 15.1 Å². The Balaban J connectivity index is 1.68. The van der Waals surface area contributed by atoms with E-state index in [0.29, 0.717) is 16.0 Å². The molecule has 0 aliphatic rings. The number of aromatic nitrogens is 4. The minimum atomic E-state index is -0.708. The first-order chi connectivity index (χ1) is 16.3. The molecule has 3 heterocycles. The van der Waals surface area contributed by atoms with Crippen LogP contribution in [0.3, 0.4) is 0 Å². The predicted octanol–water partition coefficient (Wildman–Crippen LogP) is 4.27. The van der Waals surface area contributed by atoms with Crippen molar-refractivity contribution in [2.75, 3.05) is 19.0 Å². The number of aliphatic hydroxyl groups excluding tert-OH is 1. The van der Waals surface area contributed by atoms with Gasteiger partial charge in [0.15, 0.2) is 15.8 Å². The molecular weight excluding hydrogens is 485 g/mol. The Morgan fingerprint density at radius 3 is 2.82 bits per heavy atom. The zero-order chi connectivity index (χ0) is 24.4. The largest absolute Gasteiger partial charge is 0.496 e. The molecule has 4 rings (SSSR count). The number of anilines is 1. The van der Waals surface area contributed by atoms with Gasteiger partial charge in [0.2, 0.25) is 0 Å². The average Bonchev–Trinajstić information content (AvgIpc) is 3.20. The normalized spacial score (nSPS) is 11.9. The number of ether oxygens (including phenoxy) is 2. The summed E-state index contributed by atoms with van der Waals surface area (Å²) in [4.78, 5) is 30.4. The number of rotatable bonds is 7. The molecule has 0 spiro atoms. The maximum Gasteiger partial charge on any atom is 0.317 e. The lowest BCUT2D eigenvalue weighted by Crippen LogP contribution is -2.14. The van der Waals surface area contributed by atoms with Crippen LogP contribution in [0.25, 0.3) is 21.5 Å². The maximum atomic E-state index is 15.0. The van der Waals surface area contributed by atoms with Gasteiger partial charge in [-0.15, -0.1) is 0 Å². The molecule has 1 aromatic carbocycles. The van der Waals surface area contributed by atoms with Crippen molar-refractivity contribution in [2.24, 2.45) is 0 Å². The molecule has 9 nitrogen and oxygen atoms in total. The number of pyridine rings is 1. The van der Waals surface area contributed by atoms with Gasteiger partial charge in [0, 0.05) is 17.5 Å². The molecule has 12 heteroatoms. The van der Waals surface area contributed by atoms with Crippen molar-refractivity contribution < 1.29 is 23.8 Å². The lowest BCUT2D eigenvalue weighted by atomic mass is 9.98. The van der Waals surface area contributed by atoms with Crippen molar-refractivity contribution in [3.8, 4) is 22.9 Å². The van der Waals surface area contributed by atoms with Crippen LogP contribution in [0, 0.1) is 12.7 Å². The minimum Gasteiger partial charge on any atom is -0.496 e. The molecule has 4 aromatic rings. The monoisotopic (exact) mass is 503 g/mol. The van der Waals surface area contributed by atoms with Crippen LogP contribution in [-0.2, 0) is 0 Å². The number of hydrogen-bond acceptors (Lipinski definition) is 9. The van der Waals surface area contributed by atoms with E-state index in [1.165, 1.54) is 31.6 Å². The highest BCUT2D eigenvalue weighted by Crippen LogP contribution is 2.38. The van der Waals surface area contributed by atoms with E-state index in [-0.39, 0.29) is 45.2 Å². The lowest BCUT2D eigenvalue weighted by molar-refractivity contribution is 0.102. The number of halogens is 2. The number of carbonyl (C=O) groups is 1. The molecule has 0 saturated carbocycles. The molecule has 0 unspecified atom stereocenters. The molecule has 0 bridgehead atoms. The smallest absolute Gasteiger partial charge is 0.317 e. The number of nitrogens with zero attached hydrogens (tertiary/aromatic N) is 4. The van der Waals surface area contributed by atoms with E-state index >= 15 is 4.39 Å².